The first-order valence-corrected chi connectivity index (χ1v) is 5.03. The Morgan fingerprint density at radius 1 is 1.47 bits per heavy atom. The Hall–Kier alpha value is -2.50. The van der Waals surface area contributed by atoms with E-state index in [1.165, 1.54) is 0 Å². The van der Waals surface area contributed by atoms with E-state index in [1.807, 2.05) is 12.1 Å². The molecule has 0 amide bonds. The van der Waals surface area contributed by atoms with Crippen molar-refractivity contribution in [1.82, 2.24) is 14.2 Å². The van der Waals surface area contributed by atoms with Crippen LogP contribution in [0.2, 0.25) is 0 Å². The third-order valence-electron chi connectivity index (χ3n) is 2.52. The molecule has 0 fully saturated rings. The van der Waals surface area contributed by atoms with Gasteiger partial charge in [-0.2, -0.15) is 5.10 Å². The summed E-state index contributed by atoms with van der Waals surface area (Å²) in [6, 6.07) is 3.64. The van der Waals surface area contributed by atoms with Gasteiger partial charge < -0.3 is 14.1 Å². The number of nitrogens with zero attached hydrogens (tertiary/aromatic N) is 3. The first-order valence-electron chi connectivity index (χ1n) is 5.03. The number of hydrogen-bond donors (Lipinski definition) is 1. The van der Waals surface area contributed by atoms with E-state index < -0.39 is 5.97 Å². The van der Waals surface area contributed by atoms with Crippen molar-refractivity contribution in [2.75, 3.05) is 0 Å². The molecule has 6 heteroatoms. The summed E-state index contributed by atoms with van der Waals surface area (Å²) in [5.74, 6) is -0.880. The molecule has 0 saturated heterocycles. The molecule has 0 atom stereocenters. The SMILES string of the molecule is O=C(O)Cn1ccn2nc(-c3ccoc3)cc12. The van der Waals surface area contributed by atoms with Crippen LogP contribution in [-0.2, 0) is 11.3 Å². The van der Waals surface area contributed by atoms with E-state index in [1.54, 1.807) is 34.0 Å². The molecule has 0 unspecified atom stereocenters. The Kier molecular flexibility index (Phi) is 2.01. The van der Waals surface area contributed by atoms with Crippen molar-refractivity contribution in [3.63, 3.8) is 0 Å². The van der Waals surface area contributed by atoms with Crippen LogP contribution in [0.15, 0.2) is 41.5 Å². The fourth-order valence-electron chi connectivity index (χ4n) is 1.76. The topological polar surface area (TPSA) is 72.7 Å². The molecule has 0 saturated carbocycles. The summed E-state index contributed by atoms with van der Waals surface area (Å²) in [6.07, 6.45) is 6.59. The van der Waals surface area contributed by atoms with Crippen molar-refractivity contribution >= 4 is 11.6 Å². The van der Waals surface area contributed by atoms with Gasteiger partial charge in [0.05, 0.1) is 18.2 Å². The highest BCUT2D eigenvalue weighted by atomic mass is 16.4. The highest BCUT2D eigenvalue weighted by molar-refractivity contribution is 5.69. The average molecular weight is 231 g/mol. The Morgan fingerprint density at radius 2 is 2.35 bits per heavy atom. The quantitative estimate of drug-likeness (QED) is 0.741. The second kappa shape index (κ2) is 3.51. The fourth-order valence-corrected chi connectivity index (χ4v) is 1.76. The number of imidazole rings is 1. The maximum atomic E-state index is 10.7. The largest absolute Gasteiger partial charge is 0.480 e. The smallest absolute Gasteiger partial charge is 0.323 e. The van der Waals surface area contributed by atoms with Crippen LogP contribution in [0.1, 0.15) is 0 Å². The Morgan fingerprint density at radius 3 is 3.06 bits per heavy atom. The molecular formula is C11H9N3O3. The molecule has 0 aliphatic rings. The van der Waals surface area contributed by atoms with Gasteiger partial charge in [-0.25, -0.2) is 4.52 Å². The van der Waals surface area contributed by atoms with Gasteiger partial charge in [0.15, 0.2) is 0 Å². The van der Waals surface area contributed by atoms with Crippen LogP contribution in [0.4, 0.5) is 0 Å². The molecule has 0 aliphatic heterocycles. The fraction of sp³-hybridized carbons (Fsp3) is 0.0909. The van der Waals surface area contributed by atoms with Gasteiger partial charge in [-0.3, -0.25) is 4.79 Å². The molecule has 6 nitrogen and oxygen atoms in total. The predicted molar refractivity (Wildman–Crippen MR) is 58.5 cm³/mol. The third-order valence-corrected chi connectivity index (χ3v) is 2.52. The highest BCUT2D eigenvalue weighted by Crippen LogP contribution is 2.20. The molecule has 3 aromatic heterocycles. The number of rotatable bonds is 3. The van der Waals surface area contributed by atoms with E-state index in [4.69, 9.17) is 9.52 Å². The van der Waals surface area contributed by atoms with E-state index in [2.05, 4.69) is 5.10 Å². The summed E-state index contributed by atoms with van der Waals surface area (Å²) in [6.45, 7) is -0.0764. The number of aliphatic carboxylic acids is 1. The summed E-state index contributed by atoms with van der Waals surface area (Å²) in [5.41, 5.74) is 2.37. The molecule has 3 heterocycles. The predicted octanol–water partition coefficient (Wildman–Crippen LogP) is 1.48. The van der Waals surface area contributed by atoms with E-state index in [-0.39, 0.29) is 6.54 Å². The number of carboxylic acid groups (broad SMARTS) is 1. The highest BCUT2D eigenvalue weighted by Gasteiger charge is 2.10. The van der Waals surface area contributed by atoms with Gasteiger partial charge in [-0.05, 0) is 6.07 Å². The minimum atomic E-state index is -0.880. The average Bonchev–Trinajstić information content (AvgIpc) is 2.93. The molecule has 0 aromatic carbocycles. The number of furan rings is 1. The van der Waals surface area contributed by atoms with Crippen molar-refractivity contribution in [2.45, 2.75) is 6.54 Å². The van der Waals surface area contributed by atoms with Crippen LogP contribution in [0, 0.1) is 0 Å². The maximum Gasteiger partial charge on any atom is 0.323 e. The third kappa shape index (κ3) is 1.59. The molecule has 0 aliphatic carbocycles. The molecule has 0 bridgehead atoms. The maximum absolute atomic E-state index is 10.7. The second-order valence-corrected chi connectivity index (χ2v) is 3.66. The molecule has 0 spiro atoms. The second-order valence-electron chi connectivity index (χ2n) is 3.66. The molecular weight excluding hydrogens is 222 g/mol. The van der Waals surface area contributed by atoms with E-state index in [0.29, 0.717) is 0 Å². The molecule has 3 aromatic rings. The van der Waals surface area contributed by atoms with Gasteiger partial charge in [0, 0.05) is 24.0 Å². The first kappa shape index (κ1) is 9.71. The summed E-state index contributed by atoms with van der Waals surface area (Å²) in [7, 11) is 0. The van der Waals surface area contributed by atoms with Gasteiger partial charge in [0.1, 0.15) is 12.2 Å². The number of fused-ring (bicyclic) bond motifs is 1. The number of carboxylic acids is 1. The van der Waals surface area contributed by atoms with E-state index in [9.17, 15) is 4.79 Å². The van der Waals surface area contributed by atoms with Gasteiger partial charge in [0.2, 0.25) is 0 Å². The minimum Gasteiger partial charge on any atom is -0.480 e. The van der Waals surface area contributed by atoms with Gasteiger partial charge in [0.25, 0.3) is 0 Å². The summed E-state index contributed by atoms with van der Waals surface area (Å²) in [4.78, 5) is 10.7. The number of carbonyl (C=O) groups is 1. The Bertz CT molecular complexity index is 663. The van der Waals surface area contributed by atoms with Crippen molar-refractivity contribution in [2.24, 2.45) is 0 Å². The van der Waals surface area contributed by atoms with Crippen LogP contribution in [0.3, 0.4) is 0 Å². The zero-order valence-corrected chi connectivity index (χ0v) is 8.78. The van der Waals surface area contributed by atoms with Gasteiger partial charge >= 0.3 is 5.97 Å². The van der Waals surface area contributed by atoms with Crippen LogP contribution in [-0.4, -0.2) is 25.3 Å². The standard InChI is InChI=1S/C11H9N3O3/c15-11(16)6-13-2-3-14-10(13)5-9(12-14)8-1-4-17-7-8/h1-5,7H,6H2,(H,15,16). The van der Waals surface area contributed by atoms with Gasteiger partial charge in [-0.1, -0.05) is 0 Å². The van der Waals surface area contributed by atoms with Crippen LogP contribution < -0.4 is 0 Å². The lowest BCUT2D eigenvalue weighted by Gasteiger charge is -1.96. The van der Waals surface area contributed by atoms with Crippen molar-refractivity contribution in [1.29, 1.82) is 0 Å². The van der Waals surface area contributed by atoms with Gasteiger partial charge in [-0.15, -0.1) is 0 Å². The first-order chi connectivity index (χ1) is 8.24. The normalized spacial score (nSPS) is 11.1. The monoisotopic (exact) mass is 231 g/mol. The van der Waals surface area contributed by atoms with E-state index in [0.717, 1.165) is 16.9 Å². The Labute approximate surface area is 95.7 Å². The molecule has 86 valence electrons. The van der Waals surface area contributed by atoms with E-state index >= 15 is 0 Å². The molecule has 3 rings (SSSR count). The van der Waals surface area contributed by atoms with Crippen molar-refractivity contribution in [3.05, 3.63) is 37.1 Å². The molecule has 17 heavy (non-hydrogen) atoms. The minimum absolute atomic E-state index is 0.0764. The number of aromatic nitrogens is 3. The lowest BCUT2D eigenvalue weighted by atomic mass is 10.2. The van der Waals surface area contributed by atoms with Crippen molar-refractivity contribution in [3.8, 4) is 11.3 Å². The zero-order valence-electron chi connectivity index (χ0n) is 8.78. The molecule has 0 radical (unpaired) electrons. The summed E-state index contributed by atoms with van der Waals surface area (Å²) >= 11 is 0. The van der Waals surface area contributed by atoms with Crippen molar-refractivity contribution < 1.29 is 14.3 Å². The lowest BCUT2D eigenvalue weighted by Crippen LogP contribution is -2.07. The lowest BCUT2D eigenvalue weighted by molar-refractivity contribution is -0.137. The van der Waals surface area contributed by atoms with Crippen LogP contribution in [0.25, 0.3) is 16.9 Å². The number of hydrogen-bond acceptors (Lipinski definition) is 3. The Balaban J connectivity index is 2.08. The molecule has 1 N–H and O–H groups in total. The summed E-state index contributed by atoms with van der Waals surface area (Å²) in [5, 5.41) is 13.1. The van der Waals surface area contributed by atoms with Crippen LogP contribution >= 0.6 is 0 Å². The summed E-state index contributed by atoms with van der Waals surface area (Å²) < 4.78 is 8.25. The zero-order chi connectivity index (χ0) is 11.8. The van der Waals surface area contributed by atoms with Crippen LogP contribution in [0.5, 0.6) is 0 Å².